The van der Waals surface area contributed by atoms with Crippen LogP contribution in [0.15, 0.2) is 18.3 Å². The molecule has 3 N–H and O–H groups in total. The third kappa shape index (κ3) is 3.17. The van der Waals surface area contributed by atoms with E-state index in [4.69, 9.17) is 10.5 Å². The van der Waals surface area contributed by atoms with E-state index >= 15 is 0 Å². The number of aromatic nitrogens is 2. The molecule has 126 valence electrons. The normalized spacial score (nSPS) is 21.1. The fourth-order valence-electron chi connectivity index (χ4n) is 3.19. The fourth-order valence-corrected chi connectivity index (χ4v) is 3.19. The van der Waals surface area contributed by atoms with Gasteiger partial charge < -0.3 is 20.5 Å². The molecule has 3 rings (SSSR count). The van der Waals surface area contributed by atoms with Crippen molar-refractivity contribution in [3.63, 3.8) is 0 Å². The number of nitrogens with two attached hydrogens (primary N) is 1. The average molecular weight is 327 g/mol. The van der Waals surface area contributed by atoms with Crippen molar-refractivity contribution in [1.29, 1.82) is 5.26 Å². The maximum atomic E-state index is 9.98. The molecule has 1 saturated heterocycles. The van der Waals surface area contributed by atoms with Crippen LogP contribution < -0.4 is 10.5 Å². The van der Waals surface area contributed by atoms with Gasteiger partial charge in [0.05, 0.1) is 29.8 Å². The number of methoxy groups -OCH3 is 1. The van der Waals surface area contributed by atoms with Crippen LogP contribution in [-0.2, 0) is 6.42 Å². The van der Waals surface area contributed by atoms with Gasteiger partial charge in [0.1, 0.15) is 6.07 Å². The Hall–Kier alpha value is -2.27. The van der Waals surface area contributed by atoms with Crippen molar-refractivity contribution in [2.75, 3.05) is 33.3 Å². The van der Waals surface area contributed by atoms with Gasteiger partial charge in [-0.15, -0.1) is 0 Å². The Bertz CT molecular complexity index is 773. The Morgan fingerprint density at radius 1 is 1.46 bits per heavy atom. The highest BCUT2D eigenvalue weighted by Crippen LogP contribution is 2.23. The summed E-state index contributed by atoms with van der Waals surface area (Å²) >= 11 is 0. The van der Waals surface area contributed by atoms with Crippen LogP contribution in [0.5, 0.6) is 5.88 Å². The minimum atomic E-state index is -0.377. The van der Waals surface area contributed by atoms with Crippen molar-refractivity contribution in [1.82, 2.24) is 14.9 Å². The number of aliphatic hydroxyl groups excluding tert-OH is 1. The molecule has 2 atom stereocenters. The van der Waals surface area contributed by atoms with E-state index in [0.29, 0.717) is 36.5 Å². The third-order valence-electron chi connectivity index (χ3n) is 4.58. The Labute approximate surface area is 140 Å². The highest BCUT2D eigenvalue weighted by Gasteiger charge is 2.30. The van der Waals surface area contributed by atoms with E-state index in [2.05, 4.69) is 20.9 Å². The molecule has 1 fully saturated rings. The molecule has 0 bridgehead atoms. The number of fused-ring (bicyclic) bond motifs is 1. The first-order chi connectivity index (χ1) is 11.7. The van der Waals surface area contributed by atoms with Crippen LogP contribution in [0.1, 0.15) is 11.1 Å². The van der Waals surface area contributed by atoms with Gasteiger partial charge in [0, 0.05) is 43.4 Å². The van der Waals surface area contributed by atoms with Gasteiger partial charge in [-0.3, -0.25) is 4.98 Å². The molecule has 2 aromatic heterocycles. The topological polar surface area (TPSA) is 108 Å². The summed E-state index contributed by atoms with van der Waals surface area (Å²) in [6.45, 7) is 2.61. The molecule has 0 aliphatic carbocycles. The zero-order valence-corrected chi connectivity index (χ0v) is 13.6. The molecule has 2 aromatic rings. The second-order valence-corrected chi connectivity index (χ2v) is 6.06. The minimum Gasteiger partial charge on any atom is -0.481 e. The summed E-state index contributed by atoms with van der Waals surface area (Å²) in [6.07, 6.45) is 1.87. The van der Waals surface area contributed by atoms with Crippen molar-refractivity contribution in [3.05, 3.63) is 29.5 Å². The molecule has 0 saturated carbocycles. The van der Waals surface area contributed by atoms with Gasteiger partial charge >= 0.3 is 0 Å². The lowest BCUT2D eigenvalue weighted by Gasteiger charge is -2.16. The second kappa shape index (κ2) is 7.09. The Morgan fingerprint density at radius 2 is 2.29 bits per heavy atom. The maximum absolute atomic E-state index is 9.98. The molecule has 1 aliphatic rings. The number of aliphatic hydroxyl groups is 1. The summed E-state index contributed by atoms with van der Waals surface area (Å²) in [5.74, 6) is 0.619. The summed E-state index contributed by atoms with van der Waals surface area (Å²) in [7, 11) is 1.56. The van der Waals surface area contributed by atoms with E-state index in [-0.39, 0.29) is 12.0 Å². The van der Waals surface area contributed by atoms with Gasteiger partial charge in [0.2, 0.25) is 5.88 Å². The van der Waals surface area contributed by atoms with E-state index in [1.807, 2.05) is 6.07 Å². The van der Waals surface area contributed by atoms with Crippen LogP contribution >= 0.6 is 0 Å². The third-order valence-corrected chi connectivity index (χ3v) is 4.58. The van der Waals surface area contributed by atoms with E-state index in [0.717, 1.165) is 24.2 Å². The predicted molar refractivity (Wildman–Crippen MR) is 89.5 cm³/mol. The van der Waals surface area contributed by atoms with Crippen molar-refractivity contribution >= 4 is 11.0 Å². The Kier molecular flexibility index (Phi) is 4.90. The van der Waals surface area contributed by atoms with E-state index < -0.39 is 0 Å². The quantitative estimate of drug-likeness (QED) is 0.813. The standard InChI is InChI=1S/C17H21N5O2/c1-24-16-3-2-14-17(21-16)13(11(6-18)8-20-14)4-5-22-9-12(7-19)15(23)10-22/h2-3,8,12,15,23H,4-5,7,9-10,19H2,1H3/t12-,15+/m0/s1. The molecule has 7 nitrogen and oxygen atoms in total. The van der Waals surface area contributed by atoms with Gasteiger partial charge in [0.15, 0.2) is 0 Å². The molecular formula is C17H21N5O2. The van der Waals surface area contributed by atoms with E-state index in [1.54, 1.807) is 19.4 Å². The fraction of sp³-hybridized carbons (Fsp3) is 0.471. The molecule has 0 radical (unpaired) electrons. The van der Waals surface area contributed by atoms with Crippen LogP contribution in [0.4, 0.5) is 0 Å². The molecule has 1 aliphatic heterocycles. The number of nitrogens with zero attached hydrogens (tertiary/aromatic N) is 4. The molecular weight excluding hydrogens is 306 g/mol. The largest absolute Gasteiger partial charge is 0.481 e. The number of rotatable bonds is 5. The van der Waals surface area contributed by atoms with Gasteiger partial charge in [-0.05, 0) is 19.0 Å². The van der Waals surface area contributed by atoms with Crippen molar-refractivity contribution in [3.8, 4) is 11.9 Å². The first-order valence-electron chi connectivity index (χ1n) is 7.99. The summed E-state index contributed by atoms with van der Waals surface area (Å²) in [5, 5.41) is 19.4. The monoisotopic (exact) mass is 327 g/mol. The van der Waals surface area contributed by atoms with Gasteiger partial charge in [-0.25, -0.2) is 4.98 Å². The van der Waals surface area contributed by atoms with E-state index in [1.165, 1.54) is 0 Å². The van der Waals surface area contributed by atoms with E-state index in [9.17, 15) is 10.4 Å². The van der Waals surface area contributed by atoms with Crippen molar-refractivity contribution in [2.24, 2.45) is 11.7 Å². The minimum absolute atomic E-state index is 0.118. The molecule has 0 spiro atoms. The predicted octanol–water partition coefficient (Wildman–Crippen LogP) is 0.304. The van der Waals surface area contributed by atoms with Crippen LogP contribution in [0.3, 0.4) is 0 Å². The second-order valence-electron chi connectivity index (χ2n) is 6.06. The van der Waals surface area contributed by atoms with Gasteiger partial charge in [0.25, 0.3) is 0 Å². The summed E-state index contributed by atoms with van der Waals surface area (Å²) < 4.78 is 5.19. The number of nitriles is 1. The van der Waals surface area contributed by atoms with Crippen LogP contribution in [0, 0.1) is 17.2 Å². The number of likely N-dealkylation sites (tertiary alicyclic amines) is 1. The van der Waals surface area contributed by atoms with Crippen molar-refractivity contribution < 1.29 is 9.84 Å². The number of β-amino-alcohol motifs (C(OH)–C–C–N with tert-alkyl or cyclic N) is 1. The molecule has 3 heterocycles. The van der Waals surface area contributed by atoms with Crippen LogP contribution in [-0.4, -0.2) is 59.4 Å². The molecule has 24 heavy (non-hydrogen) atoms. The summed E-state index contributed by atoms with van der Waals surface area (Å²) in [5.41, 5.74) is 8.52. The summed E-state index contributed by atoms with van der Waals surface area (Å²) in [4.78, 5) is 10.9. The molecule has 0 amide bonds. The van der Waals surface area contributed by atoms with Crippen LogP contribution in [0.25, 0.3) is 11.0 Å². The highest BCUT2D eigenvalue weighted by molar-refractivity contribution is 5.80. The first kappa shape index (κ1) is 16.6. The Morgan fingerprint density at radius 3 is 2.96 bits per heavy atom. The number of ether oxygens (including phenoxy) is 1. The van der Waals surface area contributed by atoms with Gasteiger partial charge in [-0.2, -0.15) is 5.26 Å². The summed E-state index contributed by atoms with van der Waals surface area (Å²) in [6, 6.07) is 5.80. The first-order valence-corrected chi connectivity index (χ1v) is 7.99. The molecule has 0 aromatic carbocycles. The molecule has 7 heteroatoms. The SMILES string of the molecule is COc1ccc2ncc(C#N)c(CCN3C[C@H](CN)[C@H](O)C3)c2n1. The lowest BCUT2D eigenvalue weighted by atomic mass is 10.0. The lowest BCUT2D eigenvalue weighted by Crippen LogP contribution is -2.26. The Balaban J connectivity index is 1.86. The number of hydrogen-bond acceptors (Lipinski definition) is 7. The lowest BCUT2D eigenvalue weighted by molar-refractivity contribution is 0.144. The van der Waals surface area contributed by atoms with Crippen LogP contribution in [0.2, 0.25) is 0 Å². The number of pyridine rings is 2. The number of hydrogen-bond donors (Lipinski definition) is 2. The highest BCUT2D eigenvalue weighted by atomic mass is 16.5. The molecule has 0 unspecified atom stereocenters. The zero-order chi connectivity index (χ0) is 17.1. The smallest absolute Gasteiger partial charge is 0.213 e. The maximum Gasteiger partial charge on any atom is 0.213 e. The zero-order valence-electron chi connectivity index (χ0n) is 13.6. The van der Waals surface area contributed by atoms with Gasteiger partial charge in [-0.1, -0.05) is 0 Å². The average Bonchev–Trinajstić information content (AvgIpc) is 2.98. The van der Waals surface area contributed by atoms with Crippen molar-refractivity contribution in [2.45, 2.75) is 12.5 Å².